The largest absolute Gasteiger partial charge is 0.496 e. The fourth-order valence-corrected chi connectivity index (χ4v) is 2.67. The second kappa shape index (κ2) is 4.79. The Labute approximate surface area is 123 Å². The number of rotatable bonds is 2. The SMILES string of the molecule is COc1cc(B2OC(C)(C)C(C)(C)O2)c(C)cc1Br. The zero-order chi connectivity index (χ0) is 14.4. The van der Waals surface area contributed by atoms with Crippen molar-refractivity contribution in [1.29, 1.82) is 0 Å². The maximum absolute atomic E-state index is 6.08. The smallest absolute Gasteiger partial charge is 0.495 e. The first-order valence-corrected chi connectivity index (χ1v) is 7.17. The van der Waals surface area contributed by atoms with Crippen molar-refractivity contribution >= 4 is 28.5 Å². The van der Waals surface area contributed by atoms with Gasteiger partial charge in [0.05, 0.1) is 22.8 Å². The number of benzene rings is 1. The Hall–Kier alpha value is -0.515. The number of aryl methyl sites for hydroxylation is 1. The zero-order valence-electron chi connectivity index (χ0n) is 12.3. The molecule has 1 heterocycles. The molecule has 5 heteroatoms. The number of ether oxygens (including phenoxy) is 1. The van der Waals surface area contributed by atoms with E-state index < -0.39 is 0 Å². The topological polar surface area (TPSA) is 27.7 Å². The maximum atomic E-state index is 6.08. The summed E-state index contributed by atoms with van der Waals surface area (Å²) < 4.78 is 18.4. The lowest BCUT2D eigenvalue weighted by Crippen LogP contribution is -2.41. The van der Waals surface area contributed by atoms with Crippen molar-refractivity contribution in [2.45, 2.75) is 45.8 Å². The van der Waals surface area contributed by atoms with Gasteiger partial charge >= 0.3 is 7.12 Å². The summed E-state index contributed by atoms with van der Waals surface area (Å²) in [6, 6.07) is 4.00. The lowest BCUT2D eigenvalue weighted by atomic mass is 9.76. The predicted molar refractivity (Wildman–Crippen MR) is 81.1 cm³/mol. The van der Waals surface area contributed by atoms with Gasteiger partial charge in [0.25, 0.3) is 0 Å². The lowest BCUT2D eigenvalue weighted by Gasteiger charge is -2.32. The van der Waals surface area contributed by atoms with Crippen LogP contribution in [0.25, 0.3) is 0 Å². The van der Waals surface area contributed by atoms with E-state index in [-0.39, 0.29) is 18.3 Å². The van der Waals surface area contributed by atoms with E-state index in [1.54, 1.807) is 7.11 Å². The van der Waals surface area contributed by atoms with Crippen LogP contribution in [0, 0.1) is 6.92 Å². The molecule has 1 aliphatic rings. The van der Waals surface area contributed by atoms with E-state index in [2.05, 4.69) is 43.6 Å². The third kappa shape index (κ3) is 2.56. The van der Waals surface area contributed by atoms with E-state index >= 15 is 0 Å². The fraction of sp³-hybridized carbons (Fsp3) is 0.571. The number of hydrogen-bond acceptors (Lipinski definition) is 3. The van der Waals surface area contributed by atoms with Crippen LogP contribution in [-0.2, 0) is 9.31 Å². The number of hydrogen-bond donors (Lipinski definition) is 0. The van der Waals surface area contributed by atoms with Crippen LogP contribution >= 0.6 is 15.9 Å². The molecular formula is C14H20BBrO3. The molecule has 0 spiro atoms. The van der Waals surface area contributed by atoms with Crippen molar-refractivity contribution in [1.82, 2.24) is 0 Å². The summed E-state index contributed by atoms with van der Waals surface area (Å²) >= 11 is 3.49. The van der Waals surface area contributed by atoms with Crippen molar-refractivity contribution in [2.24, 2.45) is 0 Å². The molecule has 19 heavy (non-hydrogen) atoms. The Morgan fingerprint density at radius 2 is 1.63 bits per heavy atom. The quantitative estimate of drug-likeness (QED) is 0.782. The van der Waals surface area contributed by atoms with Gasteiger partial charge < -0.3 is 14.0 Å². The van der Waals surface area contributed by atoms with Crippen molar-refractivity contribution in [3.63, 3.8) is 0 Å². The zero-order valence-corrected chi connectivity index (χ0v) is 13.9. The van der Waals surface area contributed by atoms with Crippen LogP contribution in [0.4, 0.5) is 0 Å². The lowest BCUT2D eigenvalue weighted by molar-refractivity contribution is 0.00578. The molecule has 0 unspecified atom stereocenters. The highest BCUT2D eigenvalue weighted by Crippen LogP contribution is 2.37. The second-order valence-corrected chi connectivity index (χ2v) is 6.79. The first-order valence-electron chi connectivity index (χ1n) is 6.37. The summed E-state index contributed by atoms with van der Waals surface area (Å²) in [5, 5.41) is 0. The Morgan fingerprint density at radius 3 is 2.11 bits per heavy atom. The van der Waals surface area contributed by atoms with Crippen molar-refractivity contribution in [3.8, 4) is 5.75 Å². The molecule has 0 bridgehead atoms. The summed E-state index contributed by atoms with van der Waals surface area (Å²) in [4.78, 5) is 0. The van der Waals surface area contributed by atoms with Gasteiger partial charge in [0.1, 0.15) is 5.75 Å². The predicted octanol–water partition coefficient (Wildman–Crippen LogP) is 3.07. The van der Waals surface area contributed by atoms with E-state index in [9.17, 15) is 0 Å². The van der Waals surface area contributed by atoms with Gasteiger partial charge in [-0.1, -0.05) is 0 Å². The molecule has 1 fully saturated rings. The minimum atomic E-state index is -0.355. The highest BCUT2D eigenvalue weighted by atomic mass is 79.9. The van der Waals surface area contributed by atoms with Gasteiger partial charge in [-0.25, -0.2) is 0 Å². The standard InChI is InChI=1S/C14H20BBrO3/c1-9-7-11(16)12(17-6)8-10(9)15-18-13(2,3)14(4,5)19-15/h7-8H,1-6H3. The van der Waals surface area contributed by atoms with Gasteiger partial charge in [-0.3, -0.25) is 0 Å². The Morgan fingerprint density at radius 1 is 1.11 bits per heavy atom. The molecule has 1 aromatic rings. The highest BCUT2D eigenvalue weighted by Gasteiger charge is 2.52. The summed E-state index contributed by atoms with van der Waals surface area (Å²) in [7, 11) is 1.30. The number of methoxy groups -OCH3 is 1. The summed E-state index contributed by atoms with van der Waals surface area (Å²) in [5.41, 5.74) is 1.47. The maximum Gasteiger partial charge on any atom is 0.495 e. The minimum absolute atomic E-state index is 0.329. The minimum Gasteiger partial charge on any atom is -0.496 e. The molecule has 0 N–H and O–H groups in total. The molecule has 0 atom stereocenters. The molecule has 0 radical (unpaired) electrons. The van der Waals surface area contributed by atoms with E-state index in [1.165, 1.54) is 0 Å². The normalized spacial score (nSPS) is 20.7. The molecular weight excluding hydrogens is 307 g/mol. The third-order valence-corrected chi connectivity index (χ3v) is 4.67. The molecule has 1 aliphatic heterocycles. The molecule has 0 amide bonds. The number of halogens is 1. The van der Waals surface area contributed by atoms with E-state index in [4.69, 9.17) is 14.0 Å². The Balaban J connectivity index is 2.39. The van der Waals surface area contributed by atoms with Gasteiger partial charge in [-0.2, -0.15) is 0 Å². The Kier molecular flexibility index (Phi) is 3.76. The Bertz CT molecular complexity index is 484. The van der Waals surface area contributed by atoms with Crippen molar-refractivity contribution in [3.05, 3.63) is 22.2 Å². The van der Waals surface area contributed by atoms with Crippen LogP contribution < -0.4 is 10.2 Å². The fourth-order valence-electron chi connectivity index (χ4n) is 2.05. The second-order valence-electron chi connectivity index (χ2n) is 5.93. The van der Waals surface area contributed by atoms with Crippen LogP contribution in [0.5, 0.6) is 5.75 Å². The molecule has 1 aromatic carbocycles. The average molecular weight is 327 g/mol. The third-order valence-electron chi connectivity index (χ3n) is 4.05. The molecule has 0 aromatic heterocycles. The van der Waals surface area contributed by atoms with Gasteiger partial charge in [0, 0.05) is 0 Å². The highest BCUT2D eigenvalue weighted by molar-refractivity contribution is 9.10. The monoisotopic (exact) mass is 326 g/mol. The van der Waals surface area contributed by atoms with Crippen LogP contribution in [0.3, 0.4) is 0 Å². The summed E-state index contributed by atoms with van der Waals surface area (Å²) in [6.45, 7) is 10.3. The summed E-state index contributed by atoms with van der Waals surface area (Å²) in [5.74, 6) is 0.787. The van der Waals surface area contributed by atoms with Gasteiger partial charge in [-0.15, -0.1) is 0 Å². The van der Waals surface area contributed by atoms with E-state index in [0.717, 1.165) is 21.2 Å². The molecule has 1 saturated heterocycles. The molecule has 0 saturated carbocycles. The van der Waals surface area contributed by atoms with Crippen LogP contribution in [0.2, 0.25) is 0 Å². The molecule has 0 aliphatic carbocycles. The first-order chi connectivity index (χ1) is 8.68. The van der Waals surface area contributed by atoms with E-state index in [0.29, 0.717) is 0 Å². The average Bonchev–Trinajstić information content (AvgIpc) is 2.48. The van der Waals surface area contributed by atoms with Gasteiger partial charge in [0.2, 0.25) is 0 Å². The van der Waals surface area contributed by atoms with Gasteiger partial charge in [-0.05, 0) is 73.7 Å². The van der Waals surface area contributed by atoms with Crippen molar-refractivity contribution < 1.29 is 14.0 Å². The van der Waals surface area contributed by atoms with Crippen molar-refractivity contribution in [2.75, 3.05) is 7.11 Å². The van der Waals surface area contributed by atoms with Crippen LogP contribution in [-0.4, -0.2) is 25.4 Å². The van der Waals surface area contributed by atoms with E-state index in [1.807, 2.05) is 19.1 Å². The summed E-state index contributed by atoms with van der Waals surface area (Å²) in [6.07, 6.45) is 0. The van der Waals surface area contributed by atoms with Gasteiger partial charge in [0.15, 0.2) is 0 Å². The first kappa shape index (κ1) is 14.9. The molecule has 3 nitrogen and oxygen atoms in total. The van der Waals surface area contributed by atoms with Crippen LogP contribution in [0.15, 0.2) is 16.6 Å². The molecule has 2 rings (SSSR count). The molecule has 104 valence electrons. The van der Waals surface area contributed by atoms with Crippen LogP contribution in [0.1, 0.15) is 33.3 Å².